The molecule has 1 saturated heterocycles. The average Bonchev–Trinajstić information content (AvgIpc) is 2.79. The van der Waals surface area contributed by atoms with E-state index in [4.69, 9.17) is 4.98 Å². The number of hydrogen-bond acceptors (Lipinski definition) is 3. The molecule has 1 aromatic heterocycles. The van der Waals surface area contributed by atoms with Gasteiger partial charge >= 0.3 is 0 Å². The lowest BCUT2D eigenvalue weighted by molar-refractivity contribution is 0.579. The number of benzene rings is 2. The van der Waals surface area contributed by atoms with Gasteiger partial charge in [0.15, 0.2) is 0 Å². The molecule has 0 radical (unpaired) electrons. The first kappa shape index (κ1) is 19.5. The molecular weight excluding hydrogens is 354 g/mol. The zero-order valence-corrected chi connectivity index (χ0v) is 17.6. The standard InChI is InChI=1S/C26H31N3/c1-3-28(4-2)23-16-13-21(14-17-23)12-15-22-20-26(29-18-8-5-9-19-29)24-10-6-7-11-25(24)27-22/h6-7,10-17,20H,3-5,8-9,18-19H2,1-2H3/b15-12+. The van der Waals surface area contributed by atoms with E-state index in [1.165, 1.54) is 41.6 Å². The summed E-state index contributed by atoms with van der Waals surface area (Å²) in [5.74, 6) is 0. The zero-order chi connectivity index (χ0) is 20.1. The third-order valence-electron chi connectivity index (χ3n) is 5.88. The van der Waals surface area contributed by atoms with E-state index in [-0.39, 0.29) is 0 Å². The number of nitrogens with zero attached hydrogens (tertiary/aromatic N) is 3. The lowest BCUT2D eigenvalue weighted by Gasteiger charge is -2.30. The largest absolute Gasteiger partial charge is 0.372 e. The Morgan fingerprint density at radius 3 is 2.34 bits per heavy atom. The Labute approximate surface area is 174 Å². The summed E-state index contributed by atoms with van der Waals surface area (Å²) in [6, 6.07) is 19.6. The van der Waals surface area contributed by atoms with Crippen molar-refractivity contribution < 1.29 is 0 Å². The number of hydrogen-bond donors (Lipinski definition) is 0. The predicted octanol–water partition coefficient (Wildman–Crippen LogP) is 6.24. The van der Waals surface area contributed by atoms with E-state index in [1.54, 1.807) is 0 Å². The summed E-state index contributed by atoms with van der Waals surface area (Å²) in [6.45, 7) is 8.75. The van der Waals surface area contributed by atoms with Gasteiger partial charge in [-0.1, -0.05) is 36.4 Å². The molecule has 4 rings (SSSR count). The average molecular weight is 386 g/mol. The zero-order valence-electron chi connectivity index (χ0n) is 17.6. The molecule has 1 aliphatic rings. The van der Waals surface area contributed by atoms with Crippen LogP contribution in [0.5, 0.6) is 0 Å². The molecule has 1 aliphatic heterocycles. The van der Waals surface area contributed by atoms with Gasteiger partial charge in [0.25, 0.3) is 0 Å². The van der Waals surface area contributed by atoms with Crippen molar-refractivity contribution >= 4 is 34.4 Å². The van der Waals surface area contributed by atoms with E-state index in [9.17, 15) is 0 Å². The fourth-order valence-corrected chi connectivity index (χ4v) is 4.23. The normalized spacial score (nSPS) is 14.6. The van der Waals surface area contributed by atoms with Crippen LogP contribution in [0.15, 0.2) is 54.6 Å². The molecule has 0 saturated carbocycles. The second-order valence-corrected chi connectivity index (χ2v) is 7.73. The summed E-state index contributed by atoms with van der Waals surface area (Å²) >= 11 is 0. The number of anilines is 2. The van der Waals surface area contributed by atoms with Crippen molar-refractivity contribution in [2.24, 2.45) is 0 Å². The maximum Gasteiger partial charge on any atom is 0.0730 e. The van der Waals surface area contributed by atoms with E-state index in [2.05, 4.69) is 90.4 Å². The topological polar surface area (TPSA) is 19.4 Å². The Hall–Kier alpha value is -2.81. The Morgan fingerprint density at radius 2 is 1.62 bits per heavy atom. The minimum absolute atomic E-state index is 1.03. The van der Waals surface area contributed by atoms with Gasteiger partial charge in [-0.3, -0.25) is 0 Å². The highest BCUT2D eigenvalue weighted by molar-refractivity contribution is 5.93. The number of para-hydroxylation sites is 1. The fraction of sp³-hybridized carbons (Fsp3) is 0.346. The molecular formula is C26H31N3. The van der Waals surface area contributed by atoms with Gasteiger partial charge in [0.2, 0.25) is 0 Å². The number of pyridine rings is 1. The SMILES string of the molecule is CCN(CC)c1ccc(/C=C/c2cc(N3CCCCC3)c3ccccc3n2)cc1. The fourth-order valence-electron chi connectivity index (χ4n) is 4.23. The molecule has 0 unspecified atom stereocenters. The van der Waals surface area contributed by atoms with E-state index >= 15 is 0 Å². The summed E-state index contributed by atoms with van der Waals surface area (Å²) in [4.78, 5) is 9.79. The van der Waals surface area contributed by atoms with Gasteiger partial charge in [-0.15, -0.1) is 0 Å². The molecule has 0 bridgehead atoms. The molecule has 0 amide bonds. The molecule has 0 aliphatic carbocycles. The maximum atomic E-state index is 4.90. The van der Waals surface area contributed by atoms with E-state index in [0.717, 1.165) is 37.4 Å². The van der Waals surface area contributed by atoms with Crippen molar-refractivity contribution in [3.63, 3.8) is 0 Å². The van der Waals surface area contributed by atoms with E-state index < -0.39 is 0 Å². The molecule has 3 aromatic rings. The molecule has 2 heterocycles. The highest BCUT2D eigenvalue weighted by atomic mass is 15.1. The Bertz CT molecular complexity index is 965. The molecule has 150 valence electrons. The van der Waals surface area contributed by atoms with E-state index in [1.807, 2.05) is 0 Å². The third-order valence-corrected chi connectivity index (χ3v) is 5.88. The van der Waals surface area contributed by atoms with Crippen LogP contribution in [0.2, 0.25) is 0 Å². The van der Waals surface area contributed by atoms with Gasteiger partial charge in [-0.05, 0) is 69.0 Å². The first-order valence-corrected chi connectivity index (χ1v) is 11.0. The van der Waals surface area contributed by atoms with Crippen LogP contribution in [0.25, 0.3) is 23.1 Å². The Kier molecular flexibility index (Phi) is 6.14. The molecule has 3 heteroatoms. The highest BCUT2D eigenvalue weighted by Crippen LogP contribution is 2.29. The van der Waals surface area contributed by atoms with Crippen LogP contribution < -0.4 is 9.80 Å². The van der Waals surface area contributed by atoms with Crippen LogP contribution >= 0.6 is 0 Å². The van der Waals surface area contributed by atoms with Crippen LogP contribution in [-0.2, 0) is 0 Å². The second-order valence-electron chi connectivity index (χ2n) is 7.73. The predicted molar refractivity (Wildman–Crippen MR) is 127 cm³/mol. The van der Waals surface area contributed by atoms with Crippen LogP contribution in [0, 0.1) is 0 Å². The number of aromatic nitrogens is 1. The monoisotopic (exact) mass is 385 g/mol. The lowest BCUT2D eigenvalue weighted by Crippen LogP contribution is -2.29. The molecule has 29 heavy (non-hydrogen) atoms. The minimum Gasteiger partial charge on any atom is -0.372 e. The van der Waals surface area contributed by atoms with Crippen molar-refractivity contribution in [3.8, 4) is 0 Å². The van der Waals surface area contributed by atoms with Gasteiger partial charge in [0, 0.05) is 42.9 Å². The van der Waals surface area contributed by atoms with Crippen LogP contribution in [0.4, 0.5) is 11.4 Å². The summed E-state index contributed by atoms with van der Waals surface area (Å²) in [7, 11) is 0. The number of piperidine rings is 1. The molecule has 1 fully saturated rings. The summed E-state index contributed by atoms with van der Waals surface area (Å²) in [5, 5.41) is 1.26. The van der Waals surface area contributed by atoms with Crippen molar-refractivity contribution in [2.75, 3.05) is 36.0 Å². The van der Waals surface area contributed by atoms with Gasteiger partial charge in [-0.25, -0.2) is 4.98 Å². The van der Waals surface area contributed by atoms with Gasteiger partial charge in [-0.2, -0.15) is 0 Å². The molecule has 3 nitrogen and oxygen atoms in total. The smallest absolute Gasteiger partial charge is 0.0730 e. The summed E-state index contributed by atoms with van der Waals surface area (Å²) in [6.07, 6.45) is 8.21. The maximum absolute atomic E-state index is 4.90. The quantitative estimate of drug-likeness (QED) is 0.500. The summed E-state index contributed by atoms with van der Waals surface area (Å²) in [5.41, 5.74) is 5.91. The molecule has 0 N–H and O–H groups in total. The Balaban J connectivity index is 1.62. The first-order chi connectivity index (χ1) is 14.3. The molecule has 0 atom stereocenters. The molecule has 0 spiro atoms. The van der Waals surface area contributed by atoms with Crippen molar-refractivity contribution in [1.82, 2.24) is 4.98 Å². The van der Waals surface area contributed by atoms with Crippen molar-refractivity contribution in [2.45, 2.75) is 33.1 Å². The van der Waals surface area contributed by atoms with Crippen molar-refractivity contribution in [1.29, 1.82) is 0 Å². The summed E-state index contributed by atoms with van der Waals surface area (Å²) < 4.78 is 0. The second kappa shape index (κ2) is 9.13. The van der Waals surface area contributed by atoms with Gasteiger partial charge in [0.1, 0.15) is 0 Å². The van der Waals surface area contributed by atoms with Crippen molar-refractivity contribution in [3.05, 3.63) is 65.9 Å². The Morgan fingerprint density at radius 1 is 0.897 bits per heavy atom. The highest BCUT2D eigenvalue weighted by Gasteiger charge is 2.14. The minimum atomic E-state index is 1.03. The van der Waals surface area contributed by atoms with Gasteiger partial charge < -0.3 is 9.80 Å². The first-order valence-electron chi connectivity index (χ1n) is 11.0. The van der Waals surface area contributed by atoms with Gasteiger partial charge in [0.05, 0.1) is 11.2 Å². The van der Waals surface area contributed by atoms with Crippen LogP contribution in [0.3, 0.4) is 0 Å². The number of fused-ring (bicyclic) bond motifs is 1. The van der Waals surface area contributed by atoms with Crippen LogP contribution in [0.1, 0.15) is 44.4 Å². The van der Waals surface area contributed by atoms with E-state index in [0.29, 0.717) is 0 Å². The third kappa shape index (κ3) is 4.45. The lowest BCUT2D eigenvalue weighted by atomic mass is 10.1. The number of rotatable bonds is 6. The molecule has 2 aromatic carbocycles. The van der Waals surface area contributed by atoms with Crippen LogP contribution in [-0.4, -0.2) is 31.2 Å².